The Kier molecular flexibility index (Phi) is 7.00. The number of unbranched alkanes of at least 4 members (excludes halogenated alkanes) is 3. The molecule has 0 bridgehead atoms. The highest BCUT2D eigenvalue weighted by Gasteiger charge is 2.34. The third kappa shape index (κ3) is 4.78. The lowest BCUT2D eigenvalue weighted by molar-refractivity contribution is -0.143. The van der Waals surface area contributed by atoms with Crippen molar-refractivity contribution < 1.29 is 9.90 Å². The first-order valence-corrected chi connectivity index (χ1v) is 7.91. The van der Waals surface area contributed by atoms with E-state index in [4.69, 9.17) is 6.57 Å². The van der Waals surface area contributed by atoms with Crippen molar-refractivity contribution in [2.45, 2.75) is 44.4 Å². The van der Waals surface area contributed by atoms with E-state index in [-0.39, 0.29) is 0 Å². The van der Waals surface area contributed by atoms with Gasteiger partial charge in [0, 0.05) is 9.99 Å². The minimum Gasteiger partial charge on any atom is -0.481 e. The van der Waals surface area contributed by atoms with Crippen LogP contribution in [0, 0.1) is 10.1 Å². The van der Waals surface area contributed by atoms with Crippen molar-refractivity contribution in [2.75, 3.05) is 6.54 Å². The van der Waals surface area contributed by atoms with Gasteiger partial charge in [-0.3, -0.25) is 4.79 Å². The smallest absolute Gasteiger partial charge is 0.313 e. The maximum absolute atomic E-state index is 11.7. The number of hydrogen-bond donors (Lipinski definition) is 1. The molecule has 0 spiro atoms. The molecular formula is C16H20INO2. The Morgan fingerprint density at radius 3 is 2.65 bits per heavy atom. The van der Waals surface area contributed by atoms with Gasteiger partial charge < -0.3 is 9.95 Å². The van der Waals surface area contributed by atoms with E-state index in [2.05, 4.69) is 27.4 Å². The second-order valence-corrected chi connectivity index (χ2v) is 6.44. The van der Waals surface area contributed by atoms with Crippen molar-refractivity contribution >= 4 is 28.6 Å². The molecule has 0 heterocycles. The van der Waals surface area contributed by atoms with E-state index >= 15 is 0 Å². The Morgan fingerprint density at radius 2 is 2.05 bits per heavy atom. The highest BCUT2D eigenvalue weighted by Crippen LogP contribution is 2.31. The van der Waals surface area contributed by atoms with Crippen LogP contribution in [0.2, 0.25) is 0 Å². The van der Waals surface area contributed by atoms with Gasteiger partial charge in [-0.1, -0.05) is 25.0 Å². The number of carbonyl (C=O) groups is 1. The maximum atomic E-state index is 11.7. The Morgan fingerprint density at radius 1 is 1.35 bits per heavy atom. The van der Waals surface area contributed by atoms with Crippen LogP contribution in [0.3, 0.4) is 0 Å². The van der Waals surface area contributed by atoms with Crippen molar-refractivity contribution in [3.05, 3.63) is 44.8 Å². The van der Waals surface area contributed by atoms with Gasteiger partial charge in [0.2, 0.25) is 6.54 Å². The van der Waals surface area contributed by atoms with Crippen molar-refractivity contribution in [1.82, 2.24) is 0 Å². The average molecular weight is 385 g/mol. The molecule has 3 nitrogen and oxygen atoms in total. The quantitative estimate of drug-likeness (QED) is 0.407. The molecule has 0 aliphatic rings. The SMILES string of the molecule is [C-]#[N+]CCCCCCC(C)(C(=O)O)c1cccc(I)c1. The molecule has 0 saturated heterocycles. The van der Waals surface area contributed by atoms with Crippen LogP contribution in [0.1, 0.15) is 44.6 Å². The van der Waals surface area contributed by atoms with Crippen LogP contribution in [0.4, 0.5) is 0 Å². The van der Waals surface area contributed by atoms with Crippen LogP contribution in [-0.4, -0.2) is 17.6 Å². The van der Waals surface area contributed by atoms with Crippen LogP contribution >= 0.6 is 22.6 Å². The summed E-state index contributed by atoms with van der Waals surface area (Å²) >= 11 is 2.21. The van der Waals surface area contributed by atoms with E-state index in [1.165, 1.54) is 0 Å². The zero-order valence-electron chi connectivity index (χ0n) is 11.7. The summed E-state index contributed by atoms with van der Waals surface area (Å²) in [5, 5.41) is 9.58. The number of hydrogen-bond acceptors (Lipinski definition) is 1. The molecule has 1 atom stereocenters. The Balaban J connectivity index is 2.64. The summed E-state index contributed by atoms with van der Waals surface area (Å²) in [5.74, 6) is -0.763. The van der Waals surface area contributed by atoms with Gasteiger partial charge in [0.25, 0.3) is 0 Å². The van der Waals surface area contributed by atoms with Crippen LogP contribution in [0.5, 0.6) is 0 Å². The first-order chi connectivity index (χ1) is 9.50. The average Bonchev–Trinajstić information content (AvgIpc) is 2.42. The molecule has 1 rings (SSSR count). The third-order valence-corrected chi connectivity index (χ3v) is 4.30. The molecule has 0 amide bonds. The van der Waals surface area contributed by atoms with Gasteiger partial charge in [0.05, 0.1) is 5.41 Å². The zero-order valence-corrected chi connectivity index (χ0v) is 13.9. The second kappa shape index (κ2) is 8.25. The highest BCUT2D eigenvalue weighted by atomic mass is 127. The summed E-state index contributed by atoms with van der Waals surface area (Å²) in [5.41, 5.74) is 0.0547. The molecule has 1 aromatic carbocycles. The summed E-state index contributed by atoms with van der Waals surface area (Å²) in [4.78, 5) is 15.0. The van der Waals surface area contributed by atoms with Gasteiger partial charge in [-0.25, -0.2) is 6.57 Å². The minimum atomic E-state index is -0.818. The van der Waals surface area contributed by atoms with Crippen LogP contribution in [0.15, 0.2) is 24.3 Å². The van der Waals surface area contributed by atoms with Crippen LogP contribution < -0.4 is 0 Å². The molecule has 1 N–H and O–H groups in total. The largest absolute Gasteiger partial charge is 0.481 e. The van der Waals surface area contributed by atoms with E-state index in [0.717, 1.165) is 34.8 Å². The van der Waals surface area contributed by atoms with Gasteiger partial charge in [0.15, 0.2) is 0 Å². The molecule has 108 valence electrons. The highest BCUT2D eigenvalue weighted by molar-refractivity contribution is 14.1. The topological polar surface area (TPSA) is 41.7 Å². The molecule has 0 saturated carbocycles. The standard InChI is InChI=1S/C16H20INO2/c1-16(15(19)20,10-5-3-4-6-11-18-2)13-8-7-9-14(17)12-13/h7-9,12H,3-6,10-11H2,1H3,(H,19,20). The summed E-state index contributed by atoms with van der Waals surface area (Å²) < 4.78 is 1.06. The summed E-state index contributed by atoms with van der Waals surface area (Å²) in [7, 11) is 0. The van der Waals surface area contributed by atoms with Crippen molar-refractivity contribution in [1.29, 1.82) is 0 Å². The molecule has 0 aliphatic carbocycles. The Labute approximate surface area is 134 Å². The number of nitrogens with zero attached hydrogens (tertiary/aromatic N) is 1. The zero-order chi connectivity index (χ0) is 15.0. The lowest BCUT2D eigenvalue weighted by atomic mass is 9.78. The molecule has 0 radical (unpaired) electrons. The van der Waals surface area contributed by atoms with E-state index in [0.29, 0.717) is 13.0 Å². The monoisotopic (exact) mass is 385 g/mol. The van der Waals surface area contributed by atoms with Crippen LogP contribution in [-0.2, 0) is 10.2 Å². The van der Waals surface area contributed by atoms with Gasteiger partial charge in [0.1, 0.15) is 0 Å². The van der Waals surface area contributed by atoms with Gasteiger partial charge in [-0.2, -0.15) is 0 Å². The van der Waals surface area contributed by atoms with E-state index in [1.807, 2.05) is 24.3 Å². The van der Waals surface area contributed by atoms with Crippen molar-refractivity contribution in [3.8, 4) is 0 Å². The Hall–Kier alpha value is -1.09. The summed E-state index contributed by atoms with van der Waals surface area (Å²) in [6.07, 6.45) is 4.43. The van der Waals surface area contributed by atoms with E-state index in [1.54, 1.807) is 6.92 Å². The fraction of sp³-hybridized carbons (Fsp3) is 0.500. The van der Waals surface area contributed by atoms with Crippen LogP contribution in [0.25, 0.3) is 4.85 Å². The predicted octanol–water partition coefficient (Wildman–Crippen LogP) is 4.50. The van der Waals surface area contributed by atoms with E-state index in [9.17, 15) is 9.90 Å². The van der Waals surface area contributed by atoms with E-state index < -0.39 is 11.4 Å². The maximum Gasteiger partial charge on any atom is 0.313 e. The summed E-state index contributed by atoms with van der Waals surface area (Å²) in [6, 6.07) is 7.73. The molecule has 20 heavy (non-hydrogen) atoms. The van der Waals surface area contributed by atoms with Gasteiger partial charge in [-0.05, 0) is 60.1 Å². The number of carboxylic acids is 1. The Bertz CT molecular complexity index is 495. The number of carboxylic acid groups (broad SMARTS) is 1. The number of rotatable bonds is 8. The molecule has 4 heteroatoms. The predicted molar refractivity (Wildman–Crippen MR) is 88.7 cm³/mol. The molecule has 0 fully saturated rings. The molecule has 1 aromatic rings. The normalized spacial score (nSPS) is 13.4. The number of halogens is 1. The second-order valence-electron chi connectivity index (χ2n) is 5.19. The first kappa shape index (κ1) is 17.0. The first-order valence-electron chi connectivity index (χ1n) is 6.83. The number of benzene rings is 1. The van der Waals surface area contributed by atoms with Crippen molar-refractivity contribution in [2.24, 2.45) is 0 Å². The number of aliphatic carboxylic acids is 1. The molecule has 0 aliphatic heterocycles. The lowest BCUT2D eigenvalue weighted by Gasteiger charge is -2.25. The van der Waals surface area contributed by atoms with Crippen molar-refractivity contribution in [3.63, 3.8) is 0 Å². The lowest BCUT2D eigenvalue weighted by Crippen LogP contribution is -2.32. The third-order valence-electron chi connectivity index (χ3n) is 3.63. The minimum absolute atomic E-state index is 0.576. The molecule has 0 aromatic heterocycles. The molecule has 1 unspecified atom stereocenters. The fourth-order valence-corrected chi connectivity index (χ4v) is 2.77. The summed E-state index contributed by atoms with van der Waals surface area (Å²) in [6.45, 7) is 9.10. The fourth-order valence-electron chi connectivity index (χ4n) is 2.23. The molecular weight excluding hydrogens is 365 g/mol. The van der Waals surface area contributed by atoms with Gasteiger partial charge >= 0.3 is 5.97 Å². The van der Waals surface area contributed by atoms with Gasteiger partial charge in [-0.15, -0.1) is 0 Å².